The van der Waals surface area contributed by atoms with Gasteiger partial charge in [0.2, 0.25) is 10.0 Å². The smallest absolute Gasteiger partial charge is 0.303 e. The minimum Gasteiger partial charge on any atom is -0.481 e. The van der Waals surface area contributed by atoms with E-state index in [1.807, 2.05) is 13.0 Å². The molecule has 6 heteroatoms. The zero-order chi connectivity index (χ0) is 14.9. The van der Waals surface area contributed by atoms with Crippen LogP contribution in [0.2, 0.25) is 0 Å². The summed E-state index contributed by atoms with van der Waals surface area (Å²) in [5, 5.41) is 8.79. The van der Waals surface area contributed by atoms with Crippen molar-refractivity contribution in [1.82, 2.24) is 4.31 Å². The Kier molecular flexibility index (Phi) is 4.15. The summed E-state index contributed by atoms with van der Waals surface area (Å²) in [5.74, 6) is -0.964. The standard InChI is InChI=1S/C14H19NO4S/c1-10-3-4-11(2)13(7-10)20(18,19)15-6-5-12(9-15)8-14(16)17/h3-4,7,12H,5-6,8-9H2,1-2H3,(H,16,17). The average molecular weight is 297 g/mol. The van der Waals surface area contributed by atoms with E-state index in [9.17, 15) is 13.2 Å². The molecule has 0 aliphatic carbocycles. The maximum atomic E-state index is 12.6. The predicted octanol–water partition coefficient (Wildman–Crippen LogP) is 1.79. The quantitative estimate of drug-likeness (QED) is 0.919. The Bertz CT molecular complexity index is 624. The third kappa shape index (κ3) is 3.02. The summed E-state index contributed by atoms with van der Waals surface area (Å²) in [5.41, 5.74) is 1.62. The van der Waals surface area contributed by atoms with Gasteiger partial charge in [-0.25, -0.2) is 8.42 Å². The van der Waals surface area contributed by atoms with E-state index in [4.69, 9.17) is 5.11 Å². The van der Waals surface area contributed by atoms with E-state index in [0.717, 1.165) is 11.1 Å². The molecule has 0 aromatic heterocycles. The summed E-state index contributed by atoms with van der Waals surface area (Å²) in [6.07, 6.45) is 0.634. The Balaban J connectivity index is 2.24. The van der Waals surface area contributed by atoms with Gasteiger partial charge in [-0.3, -0.25) is 4.79 Å². The number of sulfonamides is 1. The average Bonchev–Trinajstić information content (AvgIpc) is 2.80. The third-order valence-corrected chi connectivity index (χ3v) is 5.68. The van der Waals surface area contributed by atoms with E-state index in [1.165, 1.54) is 4.31 Å². The number of carboxylic acids is 1. The summed E-state index contributed by atoms with van der Waals surface area (Å²) in [7, 11) is -3.52. The molecule has 0 radical (unpaired) electrons. The first-order valence-electron chi connectivity index (χ1n) is 6.60. The molecule has 1 saturated heterocycles. The van der Waals surface area contributed by atoms with Gasteiger partial charge in [-0.2, -0.15) is 4.31 Å². The van der Waals surface area contributed by atoms with Crippen LogP contribution in [0.4, 0.5) is 0 Å². The molecule has 0 amide bonds. The summed E-state index contributed by atoms with van der Waals surface area (Å²) in [6, 6.07) is 5.35. The van der Waals surface area contributed by atoms with Crippen LogP contribution in [0, 0.1) is 19.8 Å². The lowest BCUT2D eigenvalue weighted by Crippen LogP contribution is -2.29. The molecule has 110 valence electrons. The Labute approximate surface area is 119 Å². The molecule has 2 rings (SSSR count). The van der Waals surface area contributed by atoms with Crippen LogP contribution in [0.5, 0.6) is 0 Å². The highest BCUT2D eigenvalue weighted by Crippen LogP contribution is 2.28. The van der Waals surface area contributed by atoms with Crippen molar-refractivity contribution in [3.8, 4) is 0 Å². The second kappa shape index (κ2) is 5.54. The lowest BCUT2D eigenvalue weighted by Gasteiger charge is -2.18. The van der Waals surface area contributed by atoms with Crippen LogP contribution in [0.25, 0.3) is 0 Å². The molecular weight excluding hydrogens is 278 g/mol. The van der Waals surface area contributed by atoms with Gasteiger partial charge in [0.1, 0.15) is 0 Å². The van der Waals surface area contributed by atoms with E-state index in [1.54, 1.807) is 19.1 Å². The van der Waals surface area contributed by atoms with E-state index in [0.29, 0.717) is 24.4 Å². The fraction of sp³-hybridized carbons (Fsp3) is 0.500. The number of benzene rings is 1. The molecule has 5 nitrogen and oxygen atoms in total. The minimum atomic E-state index is -3.52. The molecular formula is C14H19NO4S. The number of carboxylic acid groups (broad SMARTS) is 1. The Morgan fingerprint density at radius 1 is 1.40 bits per heavy atom. The first-order chi connectivity index (χ1) is 9.30. The molecule has 1 atom stereocenters. The fourth-order valence-electron chi connectivity index (χ4n) is 2.55. The van der Waals surface area contributed by atoms with E-state index >= 15 is 0 Å². The lowest BCUT2D eigenvalue weighted by atomic mass is 10.1. The maximum absolute atomic E-state index is 12.6. The van der Waals surface area contributed by atoms with Crippen LogP contribution in [0.1, 0.15) is 24.0 Å². The minimum absolute atomic E-state index is 0.0266. The predicted molar refractivity (Wildman–Crippen MR) is 75.0 cm³/mol. The molecule has 1 aromatic carbocycles. The maximum Gasteiger partial charge on any atom is 0.303 e. The van der Waals surface area contributed by atoms with Crippen molar-refractivity contribution in [1.29, 1.82) is 0 Å². The van der Waals surface area contributed by atoms with Gasteiger partial charge in [0.05, 0.1) is 4.90 Å². The first kappa shape index (κ1) is 15.0. The van der Waals surface area contributed by atoms with Crippen LogP contribution in [-0.4, -0.2) is 36.9 Å². The lowest BCUT2D eigenvalue weighted by molar-refractivity contribution is -0.137. The molecule has 1 heterocycles. The van der Waals surface area contributed by atoms with Gasteiger partial charge in [-0.15, -0.1) is 0 Å². The number of aryl methyl sites for hydroxylation is 2. The van der Waals surface area contributed by atoms with Crippen LogP contribution < -0.4 is 0 Å². The van der Waals surface area contributed by atoms with Crippen molar-refractivity contribution in [2.45, 2.75) is 31.6 Å². The normalized spacial score (nSPS) is 20.2. The number of hydrogen-bond donors (Lipinski definition) is 1. The highest BCUT2D eigenvalue weighted by Gasteiger charge is 2.34. The summed E-state index contributed by atoms with van der Waals surface area (Å²) >= 11 is 0. The molecule has 0 saturated carbocycles. The molecule has 1 aliphatic rings. The van der Waals surface area contributed by atoms with Gasteiger partial charge < -0.3 is 5.11 Å². The largest absolute Gasteiger partial charge is 0.481 e. The van der Waals surface area contributed by atoms with E-state index in [2.05, 4.69) is 0 Å². The van der Waals surface area contributed by atoms with Crippen molar-refractivity contribution >= 4 is 16.0 Å². The number of aliphatic carboxylic acids is 1. The zero-order valence-electron chi connectivity index (χ0n) is 11.7. The summed E-state index contributed by atoms with van der Waals surface area (Å²) in [6.45, 7) is 4.32. The molecule has 20 heavy (non-hydrogen) atoms. The molecule has 1 unspecified atom stereocenters. The Morgan fingerprint density at radius 3 is 2.75 bits per heavy atom. The zero-order valence-corrected chi connectivity index (χ0v) is 12.5. The topological polar surface area (TPSA) is 74.7 Å². The summed E-state index contributed by atoms with van der Waals surface area (Å²) in [4.78, 5) is 11.0. The molecule has 1 fully saturated rings. The number of rotatable bonds is 4. The number of hydrogen-bond acceptors (Lipinski definition) is 3. The SMILES string of the molecule is Cc1ccc(C)c(S(=O)(=O)N2CCC(CC(=O)O)C2)c1. The van der Waals surface area contributed by atoms with Crippen molar-refractivity contribution in [2.24, 2.45) is 5.92 Å². The van der Waals surface area contributed by atoms with E-state index < -0.39 is 16.0 Å². The summed E-state index contributed by atoms with van der Waals surface area (Å²) < 4.78 is 26.6. The van der Waals surface area contributed by atoms with E-state index in [-0.39, 0.29) is 12.3 Å². The molecule has 0 bridgehead atoms. The second-order valence-electron chi connectivity index (χ2n) is 5.38. The van der Waals surface area contributed by atoms with Gasteiger partial charge in [-0.05, 0) is 43.4 Å². The Morgan fingerprint density at radius 2 is 2.10 bits per heavy atom. The molecule has 0 spiro atoms. The van der Waals surface area contributed by atoms with Gasteiger partial charge in [-0.1, -0.05) is 12.1 Å². The fourth-order valence-corrected chi connectivity index (χ4v) is 4.39. The van der Waals surface area contributed by atoms with Gasteiger partial charge in [0.25, 0.3) is 0 Å². The number of carbonyl (C=O) groups is 1. The van der Waals surface area contributed by atoms with Crippen molar-refractivity contribution in [2.75, 3.05) is 13.1 Å². The molecule has 1 N–H and O–H groups in total. The monoisotopic (exact) mass is 297 g/mol. The highest BCUT2D eigenvalue weighted by molar-refractivity contribution is 7.89. The van der Waals surface area contributed by atoms with Gasteiger partial charge in [0.15, 0.2) is 0 Å². The van der Waals surface area contributed by atoms with Crippen LogP contribution >= 0.6 is 0 Å². The third-order valence-electron chi connectivity index (χ3n) is 3.67. The van der Waals surface area contributed by atoms with Crippen molar-refractivity contribution in [3.05, 3.63) is 29.3 Å². The molecule has 1 aliphatic heterocycles. The second-order valence-corrected chi connectivity index (χ2v) is 7.29. The highest BCUT2D eigenvalue weighted by atomic mass is 32.2. The van der Waals surface area contributed by atoms with Crippen molar-refractivity contribution in [3.63, 3.8) is 0 Å². The van der Waals surface area contributed by atoms with Gasteiger partial charge in [0, 0.05) is 19.5 Å². The molecule has 1 aromatic rings. The first-order valence-corrected chi connectivity index (χ1v) is 8.04. The van der Waals surface area contributed by atoms with Crippen LogP contribution in [0.15, 0.2) is 23.1 Å². The number of nitrogens with zero attached hydrogens (tertiary/aromatic N) is 1. The van der Waals surface area contributed by atoms with Crippen LogP contribution in [-0.2, 0) is 14.8 Å². The van der Waals surface area contributed by atoms with Crippen molar-refractivity contribution < 1.29 is 18.3 Å². The van der Waals surface area contributed by atoms with Crippen LogP contribution in [0.3, 0.4) is 0 Å². The van der Waals surface area contributed by atoms with Gasteiger partial charge >= 0.3 is 5.97 Å². The Hall–Kier alpha value is -1.40.